The van der Waals surface area contributed by atoms with E-state index in [4.69, 9.17) is 5.73 Å². The molecule has 14 heavy (non-hydrogen) atoms. The first-order valence-electron chi connectivity index (χ1n) is 5.02. The van der Waals surface area contributed by atoms with Gasteiger partial charge in [-0.05, 0) is 35.2 Å². The first-order valence-corrected chi connectivity index (χ1v) is 5.90. The lowest BCUT2D eigenvalue weighted by Crippen LogP contribution is -2.19. The molecule has 0 saturated heterocycles. The molecule has 2 heteroatoms. The molecule has 0 unspecified atom stereocenters. The third-order valence-electron chi connectivity index (χ3n) is 3.30. The molecule has 0 spiro atoms. The molecule has 72 valence electrons. The Morgan fingerprint density at radius 1 is 1.29 bits per heavy atom. The van der Waals surface area contributed by atoms with Crippen LogP contribution in [0.2, 0.25) is 0 Å². The number of thiophene rings is 1. The van der Waals surface area contributed by atoms with Crippen molar-refractivity contribution in [2.45, 2.75) is 18.3 Å². The molecule has 1 aromatic heterocycles. The summed E-state index contributed by atoms with van der Waals surface area (Å²) in [5.74, 6) is 0. The van der Waals surface area contributed by atoms with Gasteiger partial charge in [0.1, 0.15) is 0 Å². The van der Waals surface area contributed by atoms with Gasteiger partial charge in [-0.1, -0.05) is 18.2 Å². The van der Waals surface area contributed by atoms with Gasteiger partial charge in [0, 0.05) is 16.7 Å². The summed E-state index contributed by atoms with van der Waals surface area (Å²) in [5.41, 5.74) is 7.68. The Bertz CT molecular complexity index is 468. The smallest absolute Gasteiger partial charge is 0.0345 e. The van der Waals surface area contributed by atoms with E-state index in [1.165, 1.54) is 28.5 Å². The summed E-state index contributed by atoms with van der Waals surface area (Å²) in [6.45, 7) is 0.799. The highest BCUT2D eigenvalue weighted by atomic mass is 32.1. The van der Waals surface area contributed by atoms with Gasteiger partial charge in [0.05, 0.1) is 0 Å². The zero-order valence-electron chi connectivity index (χ0n) is 7.99. The summed E-state index contributed by atoms with van der Waals surface area (Å²) in [5, 5.41) is 3.71. The number of hydrogen-bond acceptors (Lipinski definition) is 2. The molecular weight excluding hydrogens is 190 g/mol. The lowest BCUT2D eigenvalue weighted by Gasteiger charge is -2.10. The van der Waals surface area contributed by atoms with Crippen molar-refractivity contribution >= 4 is 21.4 Å². The maximum Gasteiger partial charge on any atom is 0.0345 e. The van der Waals surface area contributed by atoms with Crippen molar-refractivity contribution in [2.24, 2.45) is 5.73 Å². The minimum atomic E-state index is 0.333. The monoisotopic (exact) mass is 203 g/mol. The van der Waals surface area contributed by atoms with Crippen LogP contribution in [-0.2, 0) is 5.41 Å². The number of benzene rings is 1. The fourth-order valence-electron chi connectivity index (χ4n) is 2.12. The van der Waals surface area contributed by atoms with Crippen LogP contribution in [0.3, 0.4) is 0 Å². The Hall–Kier alpha value is -0.860. The quantitative estimate of drug-likeness (QED) is 0.798. The largest absolute Gasteiger partial charge is 0.330 e. The zero-order chi connectivity index (χ0) is 9.60. The molecule has 0 amide bonds. The average molecular weight is 203 g/mol. The van der Waals surface area contributed by atoms with E-state index in [9.17, 15) is 0 Å². The van der Waals surface area contributed by atoms with Crippen LogP contribution >= 0.6 is 11.3 Å². The zero-order valence-corrected chi connectivity index (χ0v) is 8.81. The van der Waals surface area contributed by atoms with Crippen molar-refractivity contribution in [1.82, 2.24) is 0 Å². The molecule has 2 aromatic rings. The highest BCUT2D eigenvalue weighted by Gasteiger charge is 2.44. The van der Waals surface area contributed by atoms with Crippen LogP contribution in [0.15, 0.2) is 29.6 Å². The van der Waals surface area contributed by atoms with Crippen LogP contribution in [0.1, 0.15) is 18.4 Å². The van der Waals surface area contributed by atoms with Gasteiger partial charge in [-0.15, -0.1) is 11.3 Å². The van der Waals surface area contributed by atoms with E-state index < -0.39 is 0 Å². The predicted molar refractivity (Wildman–Crippen MR) is 61.8 cm³/mol. The molecule has 0 atom stereocenters. The third kappa shape index (κ3) is 1.04. The molecule has 1 aliphatic carbocycles. The molecule has 1 nitrogen and oxygen atoms in total. The molecule has 1 saturated carbocycles. The van der Waals surface area contributed by atoms with E-state index in [1.807, 2.05) is 11.3 Å². The molecule has 2 N–H and O–H groups in total. The van der Waals surface area contributed by atoms with E-state index in [2.05, 4.69) is 29.6 Å². The second kappa shape index (κ2) is 2.81. The molecule has 0 radical (unpaired) electrons. The summed E-state index contributed by atoms with van der Waals surface area (Å²) in [7, 11) is 0. The molecule has 1 heterocycles. The number of fused-ring (bicyclic) bond motifs is 1. The van der Waals surface area contributed by atoms with Crippen molar-refractivity contribution in [3.8, 4) is 0 Å². The van der Waals surface area contributed by atoms with Crippen LogP contribution in [0.4, 0.5) is 0 Å². The van der Waals surface area contributed by atoms with Gasteiger partial charge >= 0.3 is 0 Å². The second-order valence-corrected chi connectivity index (χ2v) is 5.04. The highest BCUT2D eigenvalue weighted by Crippen LogP contribution is 2.50. The van der Waals surface area contributed by atoms with Gasteiger partial charge in [-0.2, -0.15) is 0 Å². The lowest BCUT2D eigenvalue weighted by molar-refractivity contribution is 0.713. The van der Waals surface area contributed by atoms with Crippen molar-refractivity contribution in [3.63, 3.8) is 0 Å². The number of rotatable bonds is 2. The summed E-state index contributed by atoms with van der Waals surface area (Å²) in [6, 6.07) is 8.63. The van der Waals surface area contributed by atoms with E-state index in [0.717, 1.165) is 6.54 Å². The Kier molecular flexibility index (Phi) is 1.70. The maximum absolute atomic E-state index is 5.86. The van der Waals surface area contributed by atoms with Crippen molar-refractivity contribution in [3.05, 3.63) is 35.2 Å². The predicted octanol–water partition coefficient (Wildman–Crippen LogP) is 2.89. The van der Waals surface area contributed by atoms with Gasteiger partial charge in [0.2, 0.25) is 0 Å². The standard InChI is InChI=1S/C12H13NS/c13-8-12(5-6-12)10-7-14-11-4-2-1-3-9(10)11/h1-4,7H,5-6,8,13H2. The van der Waals surface area contributed by atoms with E-state index in [0.29, 0.717) is 5.41 Å². The average Bonchev–Trinajstić information content (AvgIpc) is 2.91. The van der Waals surface area contributed by atoms with E-state index in [1.54, 1.807) is 0 Å². The Labute approximate surface area is 87.5 Å². The minimum absolute atomic E-state index is 0.333. The molecule has 0 bridgehead atoms. The first-order chi connectivity index (χ1) is 6.86. The molecular formula is C12H13NS. The minimum Gasteiger partial charge on any atom is -0.330 e. The molecule has 3 rings (SSSR count). The number of hydrogen-bond donors (Lipinski definition) is 1. The van der Waals surface area contributed by atoms with E-state index in [-0.39, 0.29) is 0 Å². The SMILES string of the molecule is NCC1(c2csc3ccccc23)CC1. The second-order valence-electron chi connectivity index (χ2n) is 4.13. The summed E-state index contributed by atoms with van der Waals surface area (Å²) >= 11 is 1.84. The van der Waals surface area contributed by atoms with Crippen LogP contribution in [0, 0.1) is 0 Å². The van der Waals surface area contributed by atoms with E-state index >= 15 is 0 Å². The fraction of sp³-hybridized carbons (Fsp3) is 0.333. The summed E-state index contributed by atoms with van der Waals surface area (Å²) < 4.78 is 1.39. The molecule has 1 aliphatic rings. The van der Waals surface area contributed by atoms with Gasteiger partial charge in [-0.3, -0.25) is 0 Å². The van der Waals surface area contributed by atoms with Crippen LogP contribution in [0.25, 0.3) is 10.1 Å². The molecule has 1 aromatic carbocycles. The van der Waals surface area contributed by atoms with Gasteiger partial charge in [0.15, 0.2) is 0 Å². The summed E-state index contributed by atoms with van der Waals surface area (Å²) in [4.78, 5) is 0. The van der Waals surface area contributed by atoms with Gasteiger partial charge in [0.25, 0.3) is 0 Å². The molecule has 0 aliphatic heterocycles. The Balaban J connectivity index is 2.22. The fourth-order valence-corrected chi connectivity index (χ4v) is 3.21. The topological polar surface area (TPSA) is 26.0 Å². The van der Waals surface area contributed by atoms with Gasteiger partial charge < -0.3 is 5.73 Å². The first kappa shape index (κ1) is 8.45. The maximum atomic E-state index is 5.86. The van der Waals surface area contributed by atoms with Crippen LogP contribution in [0.5, 0.6) is 0 Å². The van der Waals surface area contributed by atoms with Gasteiger partial charge in [-0.25, -0.2) is 0 Å². The Morgan fingerprint density at radius 3 is 2.79 bits per heavy atom. The van der Waals surface area contributed by atoms with Crippen molar-refractivity contribution in [2.75, 3.05) is 6.54 Å². The van der Waals surface area contributed by atoms with Crippen molar-refractivity contribution < 1.29 is 0 Å². The van der Waals surface area contributed by atoms with Crippen LogP contribution in [-0.4, -0.2) is 6.54 Å². The molecule has 1 fully saturated rings. The summed E-state index contributed by atoms with van der Waals surface area (Å²) in [6.07, 6.45) is 2.54. The Morgan fingerprint density at radius 2 is 2.07 bits per heavy atom. The lowest BCUT2D eigenvalue weighted by atomic mass is 9.96. The van der Waals surface area contributed by atoms with Crippen molar-refractivity contribution in [1.29, 1.82) is 0 Å². The normalized spacial score (nSPS) is 18.6. The highest BCUT2D eigenvalue weighted by molar-refractivity contribution is 7.17. The number of nitrogens with two attached hydrogens (primary N) is 1. The third-order valence-corrected chi connectivity index (χ3v) is 4.26. The van der Waals surface area contributed by atoms with Crippen LogP contribution < -0.4 is 5.73 Å².